The van der Waals surface area contributed by atoms with Crippen LogP contribution in [0.5, 0.6) is 0 Å². The zero-order chi connectivity index (χ0) is 26.4. The monoisotopic (exact) mass is 501 g/mol. The number of carboxylic acid groups (broad SMARTS) is 1. The second-order valence-electron chi connectivity index (χ2n) is 9.65. The van der Waals surface area contributed by atoms with Gasteiger partial charge in [-0.1, -0.05) is 42.5 Å². The van der Waals surface area contributed by atoms with Gasteiger partial charge in [0.05, 0.1) is 19.1 Å². The van der Waals surface area contributed by atoms with Crippen molar-refractivity contribution in [3.63, 3.8) is 0 Å². The molecule has 0 saturated carbocycles. The standard InChI is InChI=1S/C30H35N3O4/c1-21-9-10-27(33-15-13-32(14-16-33)12-11-29(35)36)19-28(21)30(37)31-22(2)24-6-4-8-26(18-24)25-7-3-5-23(17-25)20-34/h3-10,17-19,22,34H,11-16,20H2,1-2H3,(H,31,37)(H,35,36). The van der Waals surface area contributed by atoms with E-state index in [9.17, 15) is 14.7 Å². The van der Waals surface area contributed by atoms with Gasteiger partial charge in [-0.2, -0.15) is 0 Å². The number of benzene rings is 3. The molecule has 1 amide bonds. The van der Waals surface area contributed by atoms with E-state index in [1.165, 1.54) is 0 Å². The minimum absolute atomic E-state index is 0.00118. The zero-order valence-electron chi connectivity index (χ0n) is 21.5. The second kappa shape index (κ2) is 12.0. The predicted molar refractivity (Wildman–Crippen MR) is 146 cm³/mol. The van der Waals surface area contributed by atoms with E-state index in [-0.39, 0.29) is 25.0 Å². The molecule has 3 N–H and O–H groups in total. The minimum atomic E-state index is -0.770. The Labute approximate surface area is 218 Å². The maximum Gasteiger partial charge on any atom is 0.304 e. The fraction of sp³-hybridized carbons (Fsp3) is 0.333. The second-order valence-corrected chi connectivity index (χ2v) is 9.65. The van der Waals surface area contributed by atoms with Gasteiger partial charge in [-0.15, -0.1) is 0 Å². The number of amides is 1. The fourth-order valence-corrected chi connectivity index (χ4v) is 4.73. The van der Waals surface area contributed by atoms with Gasteiger partial charge in [-0.25, -0.2) is 0 Å². The van der Waals surface area contributed by atoms with Crippen LogP contribution in [0.1, 0.15) is 46.4 Å². The van der Waals surface area contributed by atoms with Gasteiger partial charge < -0.3 is 20.4 Å². The molecule has 0 aliphatic carbocycles. The van der Waals surface area contributed by atoms with Crippen LogP contribution >= 0.6 is 0 Å². The number of rotatable bonds is 9. The smallest absolute Gasteiger partial charge is 0.304 e. The molecule has 7 heteroatoms. The van der Waals surface area contributed by atoms with Crippen LogP contribution in [-0.4, -0.2) is 59.7 Å². The Balaban J connectivity index is 1.43. The minimum Gasteiger partial charge on any atom is -0.481 e. The maximum absolute atomic E-state index is 13.3. The molecule has 1 aliphatic heterocycles. The third-order valence-corrected chi connectivity index (χ3v) is 7.02. The molecule has 0 spiro atoms. The van der Waals surface area contributed by atoms with Gasteiger partial charge in [0.2, 0.25) is 0 Å². The topological polar surface area (TPSA) is 93.1 Å². The van der Waals surface area contributed by atoms with E-state index >= 15 is 0 Å². The van der Waals surface area contributed by atoms with Crippen LogP contribution in [0.4, 0.5) is 5.69 Å². The van der Waals surface area contributed by atoms with Crippen LogP contribution in [0.25, 0.3) is 11.1 Å². The average molecular weight is 502 g/mol. The van der Waals surface area contributed by atoms with E-state index in [1.54, 1.807) is 0 Å². The molecule has 3 aromatic carbocycles. The summed E-state index contributed by atoms with van der Waals surface area (Å²) < 4.78 is 0. The number of aryl methyl sites for hydroxylation is 1. The van der Waals surface area contributed by atoms with E-state index in [0.29, 0.717) is 12.1 Å². The lowest BCUT2D eigenvalue weighted by Gasteiger charge is -2.36. The quantitative estimate of drug-likeness (QED) is 0.406. The molecule has 0 aromatic heterocycles. The van der Waals surface area contributed by atoms with E-state index in [2.05, 4.69) is 21.2 Å². The number of hydrogen-bond donors (Lipinski definition) is 3. The highest BCUT2D eigenvalue weighted by atomic mass is 16.4. The molecule has 1 fully saturated rings. The molecule has 1 heterocycles. The van der Waals surface area contributed by atoms with E-state index < -0.39 is 5.97 Å². The highest BCUT2D eigenvalue weighted by Gasteiger charge is 2.20. The van der Waals surface area contributed by atoms with Crippen molar-refractivity contribution >= 4 is 17.6 Å². The molecular weight excluding hydrogens is 466 g/mol. The fourth-order valence-electron chi connectivity index (χ4n) is 4.73. The molecule has 4 rings (SSSR count). The van der Waals surface area contributed by atoms with Crippen molar-refractivity contribution in [3.05, 3.63) is 89.0 Å². The van der Waals surface area contributed by atoms with Crippen molar-refractivity contribution in [3.8, 4) is 11.1 Å². The van der Waals surface area contributed by atoms with Crippen molar-refractivity contribution in [1.29, 1.82) is 0 Å². The summed E-state index contributed by atoms with van der Waals surface area (Å²) >= 11 is 0. The first-order valence-corrected chi connectivity index (χ1v) is 12.7. The first-order chi connectivity index (χ1) is 17.8. The van der Waals surface area contributed by atoms with Gasteiger partial charge in [-0.3, -0.25) is 14.5 Å². The number of aliphatic carboxylic acids is 1. The summed E-state index contributed by atoms with van der Waals surface area (Å²) in [4.78, 5) is 28.6. The Morgan fingerprint density at radius 3 is 2.35 bits per heavy atom. The molecule has 7 nitrogen and oxygen atoms in total. The summed E-state index contributed by atoms with van der Waals surface area (Å²) in [5.41, 5.74) is 6.51. The van der Waals surface area contributed by atoms with Crippen molar-refractivity contribution < 1.29 is 19.8 Å². The number of hydrogen-bond acceptors (Lipinski definition) is 5. The largest absolute Gasteiger partial charge is 0.481 e. The molecule has 0 bridgehead atoms. The molecule has 1 unspecified atom stereocenters. The Kier molecular flexibility index (Phi) is 8.58. The molecule has 1 saturated heterocycles. The number of nitrogens with one attached hydrogen (secondary N) is 1. The Morgan fingerprint density at radius 1 is 0.946 bits per heavy atom. The van der Waals surface area contributed by atoms with E-state index in [1.807, 2.05) is 74.5 Å². The molecule has 1 atom stereocenters. The summed E-state index contributed by atoms with van der Waals surface area (Å²) in [5, 5.41) is 21.5. The molecule has 0 radical (unpaired) electrons. The molecular formula is C30H35N3O4. The van der Waals surface area contributed by atoms with Crippen molar-refractivity contribution in [2.45, 2.75) is 32.9 Å². The lowest BCUT2D eigenvalue weighted by Crippen LogP contribution is -2.47. The molecule has 37 heavy (non-hydrogen) atoms. The van der Waals surface area contributed by atoms with Gasteiger partial charge in [-0.05, 0) is 65.9 Å². The van der Waals surface area contributed by atoms with Crippen molar-refractivity contribution in [2.75, 3.05) is 37.6 Å². The number of carbonyl (C=O) groups excluding carboxylic acids is 1. The summed E-state index contributed by atoms with van der Waals surface area (Å²) in [5.74, 6) is -0.881. The number of anilines is 1. The number of carboxylic acids is 1. The van der Waals surface area contributed by atoms with Crippen molar-refractivity contribution in [2.24, 2.45) is 0 Å². The van der Waals surface area contributed by atoms with Gasteiger partial charge in [0.15, 0.2) is 0 Å². The Morgan fingerprint density at radius 2 is 1.65 bits per heavy atom. The Bertz CT molecular complexity index is 1250. The van der Waals surface area contributed by atoms with Crippen LogP contribution in [0.2, 0.25) is 0 Å². The normalized spacial score (nSPS) is 14.8. The molecule has 194 valence electrons. The third-order valence-electron chi connectivity index (χ3n) is 7.02. The number of aliphatic hydroxyl groups is 1. The van der Waals surface area contributed by atoms with Gasteiger partial charge in [0, 0.05) is 44.0 Å². The lowest BCUT2D eigenvalue weighted by atomic mass is 9.98. The van der Waals surface area contributed by atoms with Crippen LogP contribution < -0.4 is 10.2 Å². The number of piperazine rings is 1. The number of aliphatic hydroxyl groups excluding tert-OH is 1. The summed E-state index contributed by atoms with van der Waals surface area (Å²) in [6.45, 7) is 7.69. The van der Waals surface area contributed by atoms with E-state index in [0.717, 1.165) is 59.7 Å². The average Bonchev–Trinajstić information content (AvgIpc) is 2.92. The first kappa shape index (κ1) is 26.4. The highest BCUT2D eigenvalue weighted by molar-refractivity contribution is 5.97. The van der Waals surface area contributed by atoms with E-state index in [4.69, 9.17) is 5.11 Å². The summed E-state index contributed by atoms with van der Waals surface area (Å²) in [6.07, 6.45) is 0.158. The highest BCUT2D eigenvalue weighted by Crippen LogP contribution is 2.26. The summed E-state index contributed by atoms with van der Waals surface area (Å²) in [6, 6.07) is 21.7. The molecule has 3 aromatic rings. The number of carbonyl (C=O) groups is 2. The SMILES string of the molecule is Cc1ccc(N2CCN(CCC(=O)O)CC2)cc1C(=O)NC(C)c1cccc(-c2cccc(CO)c2)c1. The molecule has 1 aliphatic rings. The van der Waals surface area contributed by atoms with Crippen LogP contribution in [0, 0.1) is 6.92 Å². The number of nitrogens with zero attached hydrogens (tertiary/aromatic N) is 2. The lowest BCUT2D eigenvalue weighted by molar-refractivity contribution is -0.137. The van der Waals surface area contributed by atoms with Crippen LogP contribution in [0.15, 0.2) is 66.7 Å². The third kappa shape index (κ3) is 6.76. The Hall–Kier alpha value is -3.68. The predicted octanol–water partition coefficient (Wildman–Crippen LogP) is 4.24. The van der Waals surface area contributed by atoms with Crippen LogP contribution in [0.3, 0.4) is 0 Å². The van der Waals surface area contributed by atoms with Gasteiger partial charge in [0.25, 0.3) is 5.91 Å². The van der Waals surface area contributed by atoms with Gasteiger partial charge >= 0.3 is 5.97 Å². The zero-order valence-corrected chi connectivity index (χ0v) is 21.5. The van der Waals surface area contributed by atoms with Gasteiger partial charge in [0.1, 0.15) is 0 Å². The maximum atomic E-state index is 13.3. The van der Waals surface area contributed by atoms with Crippen molar-refractivity contribution in [1.82, 2.24) is 10.2 Å². The first-order valence-electron chi connectivity index (χ1n) is 12.7. The summed E-state index contributed by atoms with van der Waals surface area (Å²) in [7, 11) is 0. The van der Waals surface area contributed by atoms with Crippen LogP contribution in [-0.2, 0) is 11.4 Å².